The van der Waals surface area contributed by atoms with Crippen molar-refractivity contribution in [1.82, 2.24) is 9.55 Å². The van der Waals surface area contributed by atoms with Crippen LogP contribution in [0.4, 0.5) is 0 Å². The molecule has 0 unspecified atom stereocenters. The third kappa shape index (κ3) is 4.38. The molecule has 1 heterocycles. The fourth-order valence-corrected chi connectivity index (χ4v) is 2.16. The molecule has 1 rings (SSSR count). The fourth-order valence-electron chi connectivity index (χ4n) is 1.25. The van der Waals surface area contributed by atoms with Crippen LogP contribution in [0.5, 0.6) is 0 Å². The molecule has 0 spiro atoms. The Morgan fingerprint density at radius 2 is 2.47 bits per heavy atom. The highest BCUT2D eigenvalue weighted by Crippen LogP contribution is 2.13. The Morgan fingerprint density at radius 1 is 1.67 bits per heavy atom. The molecule has 0 fully saturated rings. The summed E-state index contributed by atoms with van der Waals surface area (Å²) in [6.07, 6.45) is 5.00. The van der Waals surface area contributed by atoms with Crippen LogP contribution >= 0.6 is 11.8 Å². The van der Waals surface area contributed by atoms with E-state index >= 15 is 0 Å². The first kappa shape index (κ1) is 12.1. The summed E-state index contributed by atoms with van der Waals surface area (Å²) in [7, 11) is 0. The van der Waals surface area contributed by atoms with Crippen molar-refractivity contribution in [3.05, 3.63) is 18.2 Å². The van der Waals surface area contributed by atoms with Gasteiger partial charge in [-0.25, -0.2) is 4.98 Å². The Bertz CT molecular complexity index is 312. The number of imidazole rings is 1. The van der Waals surface area contributed by atoms with Crippen molar-refractivity contribution in [3.63, 3.8) is 0 Å². The lowest BCUT2D eigenvalue weighted by atomic mass is 10.4. The Balaban J connectivity index is 2.30. The molecule has 0 saturated carbocycles. The van der Waals surface area contributed by atoms with Gasteiger partial charge in [0.1, 0.15) is 0 Å². The average Bonchev–Trinajstić information content (AvgIpc) is 2.61. The molecular weight excluding hydrogens is 212 g/mol. The van der Waals surface area contributed by atoms with E-state index in [0.717, 1.165) is 18.7 Å². The minimum absolute atomic E-state index is 0.229. The Hall–Kier alpha value is -0.970. The quantitative estimate of drug-likeness (QED) is 0.725. The highest BCUT2D eigenvalue weighted by atomic mass is 32.2. The molecule has 0 aliphatic heterocycles. The summed E-state index contributed by atoms with van der Waals surface area (Å²) in [5, 5.41) is 8.48. The van der Waals surface area contributed by atoms with Gasteiger partial charge in [-0.1, -0.05) is 6.92 Å². The number of carboxylic acid groups (broad SMARTS) is 1. The SMILES string of the molecule is CCCn1cncc1CSCCC(=O)O. The first-order valence-electron chi connectivity index (χ1n) is 5.02. The molecule has 5 heteroatoms. The summed E-state index contributed by atoms with van der Waals surface area (Å²) in [5.74, 6) is 0.768. The molecular formula is C10H16N2O2S. The zero-order valence-electron chi connectivity index (χ0n) is 8.85. The largest absolute Gasteiger partial charge is 0.481 e. The monoisotopic (exact) mass is 228 g/mol. The van der Waals surface area contributed by atoms with Crippen molar-refractivity contribution in [2.24, 2.45) is 0 Å². The second-order valence-electron chi connectivity index (χ2n) is 3.27. The lowest BCUT2D eigenvalue weighted by molar-refractivity contribution is -0.136. The van der Waals surface area contributed by atoms with Crippen molar-refractivity contribution >= 4 is 17.7 Å². The maximum absolute atomic E-state index is 10.3. The summed E-state index contributed by atoms with van der Waals surface area (Å²) < 4.78 is 2.12. The van der Waals surface area contributed by atoms with Gasteiger partial charge < -0.3 is 9.67 Å². The van der Waals surface area contributed by atoms with Crippen LogP contribution in [0.15, 0.2) is 12.5 Å². The number of aliphatic carboxylic acids is 1. The van der Waals surface area contributed by atoms with Crippen LogP contribution in [-0.2, 0) is 17.1 Å². The molecule has 0 bridgehead atoms. The van der Waals surface area contributed by atoms with Crippen LogP contribution in [-0.4, -0.2) is 26.4 Å². The van der Waals surface area contributed by atoms with Crippen molar-refractivity contribution in [2.75, 3.05) is 5.75 Å². The molecule has 0 aliphatic rings. The number of aromatic nitrogens is 2. The van der Waals surface area contributed by atoms with Gasteiger partial charge in [0.2, 0.25) is 0 Å². The highest BCUT2D eigenvalue weighted by molar-refractivity contribution is 7.98. The van der Waals surface area contributed by atoms with E-state index in [9.17, 15) is 4.79 Å². The van der Waals surface area contributed by atoms with Crippen molar-refractivity contribution in [1.29, 1.82) is 0 Å². The molecule has 1 aromatic rings. The molecule has 0 amide bonds. The molecule has 15 heavy (non-hydrogen) atoms. The van der Waals surface area contributed by atoms with E-state index in [1.807, 2.05) is 12.5 Å². The van der Waals surface area contributed by atoms with E-state index in [1.165, 1.54) is 5.69 Å². The molecule has 4 nitrogen and oxygen atoms in total. The van der Waals surface area contributed by atoms with Crippen LogP contribution in [0.2, 0.25) is 0 Å². The summed E-state index contributed by atoms with van der Waals surface area (Å²) >= 11 is 1.64. The van der Waals surface area contributed by atoms with Crippen LogP contribution in [0.1, 0.15) is 25.5 Å². The third-order valence-electron chi connectivity index (χ3n) is 1.97. The first-order chi connectivity index (χ1) is 7.24. The number of aryl methyl sites for hydroxylation is 1. The molecule has 0 saturated heterocycles. The number of carboxylic acids is 1. The standard InChI is InChI=1S/C10H16N2O2S/c1-2-4-12-8-11-6-9(12)7-15-5-3-10(13)14/h6,8H,2-5,7H2,1H3,(H,13,14). The van der Waals surface area contributed by atoms with E-state index < -0.39 is 5.97 Å². The zero-order valence-corrected chi connectivity index (χ0v) is 9.66. The lowest BCUT2D eigenvalue weighted by Gasteiger charge is -2.05. The number of hydrogen-bond acceptors (Lipinski definition) is 3. The van der Waals surface area contributed by atoms with Gasteiger partial charge in [-0.05, 0) is 6.42 Å². The van der Waals surface area contributed by atoms with E-state index in [0.29, 0.717) is 5.75 Å². The van der Waals surface area contributed by atoms with Crippen molar-refractivity contribution in [3.8, 4) is 0 Å². The summed E-state index contributed by atoms with van der Waals surface area (Å²) in [6, 6.07) is 0. The number of hydrogen-bond donors (Lipinski definition) is 1. The van der Waals surface area contributed by atoms with Gasteiger partial charge in [0.05, 0.1) is 12.7 Å². The van der Waals surface area contributed by atoms with Gasteiger partial charge in [-0.2, -0.15) is 11.8 Å². The predicted molar refractivity (Wildman–Crippen MR) is 60.9 cm³/mol. The topological polar surface area (TPSA) is 55.1 Å². The number of rotatable bonds is 7. The summed E-state index contributed by atoms with van der Waals surface area (Å²) in [6.45, 7) is 3.11. The Labute approximate surface area is 93.7 Å². The van der Waals surface area contributed by atoms with E-state index in [1.54, 1.807) is 11.8 Å². The summed E-state index contributed by atoms with van der Waals surface area (Å²) in [5.41, 5.74) is 1.17. The minimum atomic E-state index is -0.732. The number of nitrogens with zero attached hydrogens (tertiary/aromatic N) is 2. The summed E-state index contributed by atoms with van der Waals surface area (Å²) in [4.78, 5) is 14.4. The Morgan fingerprint density at radius 3 is 3.13 bits per heavy atom. The predicted octanol–water partition coefficient (Wildman–Crippen LogP) is 2.00. The van der Waals surface area contributed by atoms with Crippen LogP contribution in [0.25, 0.3) is 0 Å². The zero-order chi connectivity index (χ0) is 11.1. The van der Waals surface area contributed by atoms with Gasteiger partial charge in [-0.15, -0.1) is 0 Å². The van der Waals surface area contributed by atoms with E-state index in [-0.39, 0.29) is 6.42 Å². The van der Waals surface area contributed by atoms with Crippen molar-refractivity contribution < 1.29 is 9.90 Å². The smallest absolute Gasteiger partial charge is 0.304 e. The fraction of sp³-hybridized carbons (Fsp3) is 0.600. The molecule has 1 aromatic heterocycles. The van der Waals surface area contributed by atoms with Crippen LogP contribution in [0.3, 0.4) is 0 Å². The molecule has 84 valence electrons. The number of carbonyl (C=O) groups is 1. The molecule has 0 atom stereocenters. The first-order valence-corrected chi connectivity index (χ1v) is 6.18. The molecule has 1 N–H and O–H groups in total. The van der Waals surface area contributed by atoms with Gasteiger partial charge in [0.15, 0.2) is 0 Å². The second-order valence-corrected chi connectivity index (χ2v) is 4.38. The van der Waals surface area contributed by atoms with Crippen molar-refractivity contribution in [2.45, 2.75) is 32.1 Å². The minimum Gasteiger partial charge on any atom is -0.481 e. The molecule has 0 radical (unpaired) electrons. The number of thioether (sulfide) groups is 1. The Kier molecular flexibility index (Phi) is 5.25. The maximum Gasteiger partial charge on any atom is 0.304 e. The lowest BCUT2D eigenvalue weighted by Crippen LogP contribution is -2.01. The highest BCUT2D eigenvalue weighted by Gasteiger charge is 2.02. The van der Waals surface area contributed by atoms with E-state index in [4.69, 9.17) is 5.11 Å². The van der Waals surface area contributed by atoms with E-state index in [2.05, 4.69) is 16.5 Å². The van der Waals surface area contributed by atoms with Crippen LogP contribution in [0, 0.1) is 0 Å². The average molecular weight is 228 g/mol. The third-order valence-corrected chi connectivity index (χ3v) is 2.97. The van der Waals surface area contributed by atoms with Gasteiger partial charge >= 0.3 is 5.97 Å². The maximum atomic E-state index is 10.3. The van der Waals surface area contributed by atoms with Gasteiger partial charge in [0, 0.05) is 29.9 Å². The normalized spacial score (nSPS) is 10.5. The molecule has 0 aliphatic carbocycles. The molecule has 0 aromatic carbocycles. The van der Waals surface area contributed by atoms with Gasteiger partial charge in [0.25, 0.3) is 0 Å². The van der Waals surface area contributed by atoms with Crippen LogP contribution < -0.4 is 0 Å². The second kappa shape index (κ2) is 6.50. The van der Waals surface area contributed by atoms with Gasteiger partial charge in [-0.3, -0.25) is 4.79 Å².